The summed E-state index contributed by atoms with van der Waals surface area (Å²) in [6.45, 7) is 17.7. The topological polar surface area (TPSA) is 87.3 Å². The van der Waals surface area contributed by atoms with Crippen molar-refractivity contribution in [2.45, 2.75) is 74.2 Å². The molecule has 0 aromatic carbocycles. The van der Waals surface area contributed by atoms with Gasteiger partial charge in [-0.2, -0.15) is 0 Å². The molecule has 4 nitrogen and oxygen atoms in total. The van der Waals surface area contributed by atoms with Crippen molar-refractivity contribution in [3.8, 4) is 0 Å². The molecule has 1 atom stereocenters. The normalized spacial score (nSPS) is 16.7. The van der Waals surface area contributed by atoms with E-state index in [2.05, 4.69) is 54.5 Å². The predicted octanol–water partition coefficient (Wildman–Crippen LogP) is 3.83. The van der Waals surface area contributed by atoms with E-state index < -0.39 is 5.97 Å². The van der Waals surface area contributed by atoms with Gasteiger partial charge in [-0.05, 0) is 42.6 Å². The molecule has 0 amide bonds. The number of hydrogen-bond donors (Lipinski definition) is 3. The molecular weight excluding hydrogens is 274 g/mol. The van der Waals surface area contributed by atoms with Crippen LogP contribution in [-0.2, 0) is 4.74 Å². The summed E-state index contributed by atoms with van der Waals surface area (Å²) in [4.78, 5) is 0. The molecule has 130 valence electrons. The van der Waals surface area contributed by atoms with Crippen LogP contribution in [0.25, 0.3) is 0 Å². The molecule has 0 aromatic rings. The van der Waals surface area contributed by atoms with Crippen molar-refractivity contribution in [3.05, 3.63) is 23.5 Å². The first kappa shape index (κ1) is 21.2. The largest absolute Gasteiger partial charge is 0.452 e. The zero-order chi connectivity index (χ0) is 17.8. The molecule has 0 saturated heterocycles. The summed E-state index contributed by atoms with van der Waals surface area (Å²) in [5.74, 6) is -0.517. The van der Waals surface area contributed by atoms with Crippen LogP contribution in [0.4, 0.5) is 0 Å². The van der Waals surface area contributed by atoms with Crippen LogP contribution in [-0.4, -0.2) is 5.97 Å². The van der Waals surface area contributed by atoms with Crippen molar-refractivity contribution in [1.29, 1.82) is 0 Å². The molecule has 0 aliphatic carbocycles. The molecule has 22 heavy (non-hydrogen) atoms. The molecule has 0 aliphatic rings. The van der Waals surface area contributed by atoms with Gasteiger partial charge in [0.05, 0.1) is 5.76 Å². The highest BCUT2D eigenvalue weighted by molar-refractivity contribution is 5.19. The number of ether oxygens (including phenoxy) is 1. The molecule has 0 spiro atoms. The van der Waals surface area contributed by atoms with Gasteiger partial charge >= 0.3 is 0 Å². The molecule has 0 aliphatic heterocycles. The average Bonchev–Trinajstić information content (AvgIpc) is 2.22. The van der Waals surface area contributed by atoms with Crippen molar-refractivity contribution in [1.82, 2.24) is 0 Å². The predicted molar refractivity (Wildman–Crippen MR) is 95.5 cm³/mol. The van der Waals surface area contributed by atoms with Crippen LogP contribution in [0.5, 0.6) is 0 Å². The summed E-state index contributed by atoms with van der Waals surface area (Å²) in [6.07, 6.45) is 6.17. The van der Waals surface area contributed by atoms with E-state index in [1.54, 1.807) is 6.92 Å². The van der Waals surface area contributed by atoms with Gasteiger partial charge in [0, 0.05) is 0 Å². The second-order valence-corrected chi connectivity index (χ2v) is 8.51. The van der Waals surface area contributed by atoms with Gasteiger partial charge < -0.3 is 4.74 Å². The summed E-state index contributed by atoms with van der Waals surface area (Å²) < 4.78 is 5.25. The molecule has 4 heteroatoms. The highest BCUT2D eigenvalue weighted by Crippen LogP contribution is 2.41. The van der Waals surface area contributed by atoms with Crippen LogP contribution in [0.2, 0.25) is 0 Å². The zero-order valence-corrected chi connectivity index (χ0v) is 15.8. The van der Waals surface area contributed by atoms with Crippen molar-refractivity contribution in [2.75, 3.05) is 0 Å². The van der Waals surface area contributed by atoms with Crippen molar-refractivity contribution in [3.63, 3.8) is 0 Å². The third-order valence-corrected chi connectivity index (χ3v) is 3.59. The second-order valence-electron chi connectivity index (χ2n) is 8.51. The number of rotatable bonds is 6. The minimum Gasteiger partial charge on any atom is -0.452 e. The molecule has 0 fully saturated rings. The van der Waals surface area contributed by atoms with Crippen molar-refractivity contribution < 1.29 is 4.74 Å². The lowest BCUT2D eigenvalue weighted by molar-refractivity contribution is 0.0193. The van der Waals surface area contributed by atoms with Gasteiger partial charge in [-0.25, -0.2) is 0 Å². The maximum Gasteiger partial charge on any atom is 0.270 e. The van der Waals surface area contributed by atoms with Gasteiger partial charge in [0.15, 0.2) is 0 Å². The van der Waals surface area contributed by atoms with Crippen LogP contribution in [0.1, 0.15) is 68.2 Å². The highest BCUT2D eigenvalue weighted by atomic mass is 16.5. The summed E-state index contributed by atoms with van der Waals surface area (Å²) in [5, 5.41) is 0. The summed E-state index contributed by atoms with van der Waals surface area (Å²) in [6, 6.07) is 0. The first-order chi connectivity index (χ1) is 9.65. The Bertz CT molecular complexity index is 404. The molecule has 6 N–H and O–H groups in total. The average molecular weight is 312 g/mol. The Kier molecular flexibility index (Phi) is 7.33. The minimum absolute atomic E-state index is 0.205. The van der Waals surface area contributed by atoms with Gasteiger partial charge in [-0.3, -0.25) is 17.2 Å². The van der Waals surface area contributed by atoms with Gasteiger partial charge in [0.25, 0.3) is 5.97 Å². The fraction of sp³-hybridized carbons (Fsp3) is 0.778. The Hall–Kier alpha value is -0.840. The van der Waals surface area contributed by atoms with Crippen LogP contribution in [0, 0.1) is 16.7 Å². The second kappa shape index (κ2) is 7.62. The fourth-order valence-corrected chi connectivity index (χ4v) is 2.62. The van der Waals surface area contributed by atoms with E-state index >= 15 is 0 Å². The standard InChI is InChI=1S/C18H37N3O/c1-9-14(11-10-13(2)22-18(19,20)21)15(17(6,7)8)12-16(3,4)5/h10-11,15H,9,12,19-21H2,1-8H3/b13-10+,14-11+. The number of nitrogens with two attached hydrogens (primary N) is 3. The van der Waals surface area contributed by atoms with E-state index in [4.69, 9.17) is 21.9 Å². The van der Waals surface area contributed by atoms with E-state index in [0.29, 0.717) is 11.7 Å². The number of hydrogen-bond acceptors (Lipinski definition) is 4. The minimum atomic E-state index is -1.63. The van der Waals surface area contributed by atoms with Crippen LogP contribution < -0.4 is 17.2 Å². The molecular formula is C18H37N3O. The summed E-state index contributed by atoms with van der Waals surface area (Å²) >= 11 is 0. The van der Waals surface area contributed by atoms with Gasteiger partial charge in [0.2, 0.25) is 0 Å². The van der Waals surface area contributed by atoms with E-state index in [9.17, 15) is 0 Å². The summed E-state index contributed by atoms with van der Waals surface area (Å²) in [7, 11) is 0. The maximum atomic E-state index is 5.46. The van der Waals surface area contributed by atoms with Crippen molar-refractivity contribution >= 4 is 0 Å². The molecule has 0 heterocycles. The Morgan fingerprint density at radius 2 is 1.50 bits per heavy atom. The van der Waals surface area contributed by atoms with Crippen molar-refractivity contribution in [2.24, 2.45) is 33.9 Å². The Morgan fingerprint density at radius 1 is 1.00 bits per heavy atom. The lowest BCUT2D eigenvalue weighted by Crippen LogP contribution is -2.59. The SMILES string of the molecule is CC/C(=C\C=C(/C)OC(N)(N)N)C(CC(C)(C)C)C(C)(C)C. The third-order valence-electron chi connectivity index (χ3n) is 3.59. The maximum absolute atomic E-state index is 5.46. The lowest BCUT2D eigenvalue weighted by Gasteiger charge is -2.37. The van der Waals surface area contributed by atoms with E-state index in [1.165, 1.54) is 5.57 Å². The third kappa shape index (κ3) is 9.23. The number of allylic oxidation sites excluding steroid dienone is 4. The molecule has 0 radical (unpaired) electrons. The smallest absolute Gasteiger partial charge is 0.270 e. The monoisotopic (exact) mass is 311 g/mol. The molecule has 0 saturated carbocycles. The Morgan fingerprint density at radius 3 is 1.82 bits per heavy atom. The van der Waals surface area contributed by atoms with Crippen LogP contribution >= 0.6 is 0 Å². The van der Waals surface area contributed by atoms with Gasteiger partial charge in [-0.15, -0.1) is 0 Å². The van der Waals surface area contributed by atoms with Gasteiger partial charge in [0.1, 0.15) is 0 Å². The Labute approximate surface area is 137 Å². The highest BCUT2D eigenvalue weighted by Gasteiger charge is 2.30. The van der Waals surface area contributed by atoms with E-state index in [0.717, 1.165) is 12.8 Å². The van der Waals surface area contributed by atoms with Crippen LogP contribution in [0.3, 0.4) is 0 Å². The first-order valence-corrected chi connectivity index (χ1v) is 8.08. The summed E-state index contributed by atoms with van der Waals surface area (Å²) in [5.41, 5.74) is 18.3. The molecule has 0 aromatic heterocycles. The quantitative estimate of drug-likeness (QED) is 0.395. The van der Waals surface area contributed by atoms with Gasteiger partial charge in [-0.1, -0.05) is 60.1 Å². The van der Waals surface area contributed by atoms with Crippen LogP contribution in [0.15, 0.2) is 23.5 Å². The Balaban J connectivity index is 5.40. The molecule has 0 rings (SSSR count). The molecule has 0 bridgehead atoms. The first-order valence-electron chi connectivity index (χ1n) is 8.08. The molecule has 1 unspecified atom stereocenters. The van der Waals surface area contributed by atoms with E-state index in [1.807, 2.05) is 6.08 Å². The fourth-order valence-electron chi connectivity index (χ4n) is 2.62. The lowest BCUT2D eigenvalue weighted by atomic mass is 9.68. The van der Waals surface area contributed by atoms with E-state index in [-0.39, 0.29) is 10.8 Å². The zero-order valence-electron chi connectivity index (χ0n) is 15.8.